The van der Waals surface area contributed by atoms with Crippen LogP contribution >= 0.6 is 0 Å². The van der Waals surface area contributed by atoms with Crippen molar-refractivity contribution in [1.82, 2.24) is 5.32 Å². The normalized spacial score (nSPS) is 13.7. The highest BCUT2D eigenvalue weighted by Crippen LogP contribution is 2.17. The van der Waals surface area contributed by atoms with Gasteiger partial charge < -0.3 is 20.3 Å². The molecule has 6 heteroatoms. The molecule has 0 saturated heterocycles. The molecule has 0 heterocycles. The number of hydrogen-bond acceptors (Lipinski definition) is 5. The molecule has 388 valence electrons. The smallest absolute Gasteiger partial charge is 0.306 e. The summed E-state index contributed by atoms with van der Waals surface area (Å²) in [6, 6.07) is -0.725. The molecule has 0 aliphatic rings. The molecule has 0 aliphatic carbocycles. The Hall–Kier alpha value is -2.70. The van der Waals surface area contributed by atoms with Crippen molar-refractivity contribution in [2.24, 2.45) is 0 Å². The van der Waals surface area contributed by atoms with E-state index in [-0.39, 0.29) is 24.9 Å². The highest BCUT2D eigenvalue weighted by molar-refractivity contribution is 5.77. The topological polar surface area (TPSA) is 95.9 Å². The molecule has 0 aliphatic heterocycles. The monoisotopic (exact) mass is 936 g/mol. The van der Waals surface area contributed by atoms with Crippen LogP contribution in [0.25, 0.3) is 0 Å². The molecule has 0 bridgehead atoms. The van der Waals surface area contributed by atoms with E-state index in [0.717, 1.165) is 77.0 Å². The van der Waals surface area contributed by atoms with E-state index in [4.69, 9.17) is 4.74 Å². The Balaban J connectivity index is 4.70. The zero-order chi connectivity index (χ0) is 48.8. The van der Waals surface area contributed by atoms with Crippen molar-refractivity contribution in [3.63, 3.8) is 0 Å². The van der Waals surface area contributed by atoms with Crippen LogP contribution in [0.5, 0.6) is 0 Å². The molecule has 0 radical (unpaired) electrons. The van der Waals surface area contributed by atoms with Crippen molar-refractivity contribution in [2.45, 2.75) is 296 Å². The van der Waals surface area contributed by atoms with Gasteiger partial charge >= 0.3 is 5.97 Å². The number of nitrogens with one attached hydrogen (secondary N) is 1. The van der Waals surface area contributed by atoms with Gasteiger partial charge in [0.15, 0.2) is 0 Å². The largest absolute Gasteiger partial charge is 0.462 e. The summed E-state index contributed by atoms with van der Waals surface area (Å²) in [7, 11) is 0. The van der Waals surface area contributed by atoms with Crippen LogP contribution < -0.4 is 5.32 Å². The van der Waals surface area contributed by atoms with Crippen molar-refractivity contribution in [3.05, 3.63) is 72.9 Å². The number of rotatable bonds is 51. The Labute approximate surface area is 415 Å². The number of ether oxygens (including phenoxy) is 1. The second kappa shape index (κ2) is 54.2. The summed E-state index contributed by atoms with van der Waals surface area (Å²) in [6.07, 6.45) is 69.7. The van der Waals surface area contributed by atoms with Gasteiger partial charge in [-0.2, -0.15) is 0 Å². The van der Waals surface area contributed by atoms with Gasteiger partial charge in [0.25, 0.3) is 0 Å². The minimum Gasteiger partial charge on any atom is -0.462 e. The number of unbranched alkanes of at least 4 members (excludes halogenated alkanes) is 28. The lowest BCUT2D eigenvalue weighted by Crippen LogP contribution is -2.46. The molecule has 0 aromatic heterocycles. The third kappa shape index (κ3) is 49.5. The first kappa shape index (κ1) is 64.3. The number of hydrogen-bond donors (Lipinski definition) is 3. The predicted octanol–water partition coefficient (Wildman–Crippen LogP) is 17.7. The van der Waals surface area contributed by atoms with Crippen LogP contribution in [-0.4, -0.2) is 46.9 Å². The molecule has 3 unspecified atom stereocenters. The number of amides is 1. The fourth-order valence-electron chi connectivity index (χ4n) is 8.41. The number of allylic oxidation sites excluding steroid dienone is 12. The van der Waals surface area contributed by atoms with E-state index < -0.39 is 18.2 Å². The van der Waals surface area contributed by atoms with Crippen LogP contribution in [0.1, 0.15) is 278 Å². The summed E-state index contributed by atoms with van der Waals surface area (Å²) in [5.74, 6) is -0.563. The van der Waals surface area contributed by atoms with E-state index in [9.17, 15) is 19.8 Å². The van der Waals surface area contributed by atoms with Crippen molar-refractivity contribution < 1.29 is 24.5 Å². The molecule has 0 rings (SSSR count). The van der Waals surface area contributed by atoms with Gasteiger partial charge in [0.1, 0.15) is 6.10 Å². The summed E-state index contributed by atoms with van der Waals surface area (Å²) in [5, 5.41) is 23.9. The Bertz CT molecular complexity index is 1230. The second-order valence-corrected chi connectivity index (χ2v) is 19.4. The van der Waals surface area contributed by atoms with E-state index in [1.54, 1.807) is 0 Å². The Morgan fingerprint density at radius 1 is 0.448 bits per heavy atom. The van der Waals surface area contributed by atoms with E-state index in [1.165, 1.54) is 148 Å². The fraction of sp³-hybridized carbons (Fsp3) is 0.770. The van der Waals surface area contributed by atoms with Crippen LogP contribution in [0.3, 0.4) is 0 Å². The zero-order valence-corrected chi connectivity index (χ0v) is 44.3. The van der Waals surface area contributed by atoms with Gasteiger partial charge in [-0.25, -0.2) is 0 Å². The molecule has 0 spiro atoms. The Morgan fingerprint density at radius 2 is 0.806 bits per heavy atom. The van der Waals surface area contributed by atoms with Crippen molar-refractivity contribution >= 4 is 11.9 Å². The quantitative estimate of drug-likeness (QED) is 0.0244. The van der Waals surface area contributed by atoms with Gasteiger partial charge in [-0.3, -0.25) is 9.59 Å². The van der Waals surface area contributed by atoms with Gasteiger partial charge in [0.2, 0.25) is 5.91 Å². The van der Waals surface area contributed by atoms with Crippen LogP contribution in [-0.2, 0) is 14.3 Å². The Morgan fingerprint density at radius 3 is 1.28 bits per heavy atom. The molecular formula is C61H109NO5. The van der Waals surface area contributed by atoms with E-state index >= 15 is 0 Å². The maximum atomic E-state index is 13.3. The number of carbonyl (C=O) groups excluding carboxylic acids is 2. The average Bonchev–Trinajstić information content (AvgIpc) is 3.32. The highest BCUT2D eigenvalue weighted by atomic mass is 16.5. The SMILES string of the molecule is CCCCC/C=C\C/C=C\C/C=C\C/C=C\CCCC(=O)OC(CCCCC/C=C/C=C/CCCCCCCCC)CC(=O)NC(CO)C(O)CCCCCCCCCCCCCCCCC. The first-order valence-corrected chi connectivity index (χ1v) is 28.7. The molecule has 0 aromatic rings. The molecule has 0 fully saturated rings. The maximum Gasteiger partial charge on any atom is 0.306 e. The predicted molar refractivity (Wildman–Crippen MR) is 291 cm³/mol. The summed E-state index contributed by atoms with van der Waals surface area (Å²) in [6.45, 7) is 6.45. The van der Waals surface area contributed by atoms with Crippen molar-refractivity contribution in [1.29, 1.82) is 0 Å². The lowest BCUT2D eigenvalue weighted by atomic mass is 10.0. The standard InChI is InChI=1S/C61H109NO5/c1-4-7-10-13-16-19-22-25-28-30-33-36-39-42-45-48-51-54-61(66)67-57(52-49-46-43-40-37-34-32-29-26-23-20-17-14-11-8-5-2)55-60(65)62-58(56-63)59(64)53-50-47-44-41-38-35-31-27-24-21-18-15-12-9-6-3/h16,19,25,28-29,32-34,36-37,42,45,57-59,63-64H,4-15,17-18,20-24,26-27,30-31,35,38-41,43-44,46-56H2,1-3H3,(H,62,65)/b19-16-,28-25-,32-29+,36-33-,37-34+,45-42-. The summed E-state index contributed by atoms with van der Waals surface area (Å²) in [5.41, 5.74) is 0. The Kier molecular flexibility index (Phi) is 52.1. The average molecular weight is 937 g/mol. The first-order chi connectivity index (χ1) is 33.0. The molecule has 0 aromatic carbocycles. The minimum atomic E-state index is -0.807. The molecule has 67 heavy (non-hydrogen) atoms. The fourth-order valence-corrected chi connectivity index (χ4v) is 8.41. The molecule has 6 nitrogen and oxygen atoms in total. The van der Waals surface area contributed by atoms with Crippen LogP contribution in [0.15, 0.2) is 72.9 Å². The maximum absolute atomic E-state index is 13.3. The van der Waals surface area contributed by atoms with Gasteiger partial charge in [-0.1, -0.05) is 248 Å². The van der Waals surface area contributed by atoms with Crippen LogP contribution in [0, 0.1) is 0 Å². The number of carbonyl (C=O) groups is 2. The molecular weight excluding hydrogens is 827 g/mol. The van der Waals surface area contributed by atoms with Gasteiger partial charge in [0, 0.05) is 6.42 Å². The summed E-state index contributed by atoms with van der Waals surface area (Å²) < 4.78 is 5.92. The lowest BCUT2D eigenvalue weighted by Gasteiger charge is -2.24. The minimum absolute atomic E-state index is 0.0362. The number of aliphatic hydroxyl groups is 2. The van der Waals surface area contributed by atoms with E-state index in [2.05, 4.69) is 99.0 Å². The second-order valence-electron chi connectivity index (χ2n) is 19.4. The first-order valence-electron chi connectivity index (χ1n) is 28.7. The number of aliphatic hydroxyl groups excluding tert-OH is 2. The van der Waals surface area contributed by atoms with Crippen LogP contribution in [0.2, 0.25) is 0 Å². The van der Waals surface area contributed by atoms with Gasteiger partial charge in [-0.15, -0.1) is 0 Å². The molecule has 1 amide bonds. The van der Waals surface area contributed by atoms with E-state index in [1.807, 2.05) is 0 Å². The third-order valence-electron chi connectivity index (χ3n) is 12.8. The molecule has 3 N–H and O–H groups in total. The zero-order valence-electron chi connectivity index (χ0n) is 44.3. The highest BCUT2D eigenvalue weighted by Gasteiger charge is 2.24. The van der Waals surface area contributed by atoms with Crippen molar-refractivity contribution in [3.8, 4) is 0 Å². The number of esters is 1. The summed E-state index contributed by atoms with van der Waals surface area (Å²) in [4.78, 5) is 26.2. The van der Waals surface area contributed by atoms with Crippen LogP contribution in [0.4, 0.5) is 0 Å². The van der Waals surface area contributed by atoms with Gasteiger partial charge in [0.05, 0.1) is 25.2 Å². The van der Waals surface area contributed by atoms with E-state index in [0.29, 0.717) is 25.7 Å². The lowest BCUT2D eigenvalue weighted by molar-refractivity contribution is -0.151. The van der Waals surface area contributed by atoms with Crippen molar-refractivity contribution in [2.75, 3.05) is 6.61 Å². The van der Waals surface area contributed by atoms with Gasteiger partial charge in [-0.05, 0) is 89.9 Å². The summed E-state index contributed by atoms with van der Waals surface area (Å²) >= 11 is 0. The third-order valence-corrected chi connectivity index (χ3v) is 12.8. The molecule has 0 saturated carbocycles. The molecule has 3 atom stereocenters.